The third-order valence-electron chi connectivity index (χ3n) is 3.67. The highest BCUT2D eigenvalue weighted by atomic mass is 127. The zero-order valence-corrected chi connectivity index (χ0v) is 19.0. The maximum atomic E-state index is 13.0. The van der Waals surface area contributed by atoms with E-state index in [1.807, 2.05) is 12.1 Å². The molecule has 0 radical (unpaired) electrons. The summed E-state index contributed by atoms with van der Waals surface area (Å²) in [5.41, 5.74) is 4.38. The predicted molar refractivity (Wildman–Crippen MR) is 125 cm³/mol. The van der Waals surface area contributed by atoms with E-state index in [9.17, 15) is 14.5 Å². The smallest absolute Gasteiger partial charge is 0.287 e. The van der Waals surface area contributed by atoms with Crippen LogP contribution in [-0.4, -0.2) is 16.1 Å². The van der Waals surface area contributed by atoms with E-state index < -0.39 is 4.92 Å². The Kier molecular flexibility index (Phi) is 7.30. The summed E-state index contributed by atoms with van der Waals surface area (Å²) < 4.78 is 20.7. The Bertz CT molecular complexity index is 1020. The number of nitrogens with one attached hydrogen (secondary N) is 1. The molecule has 0 spiro atoms. The van der Waals surface area contributed by atoms with Crippen LogP contribution in [0.1, 0.15) is 11.1 Å². The number of hydrazone groups is 1. The fourth-order valence-electron chi connectivity index (χ4n) is 2.26. The van der Waals surface area contributed by atoms with Gasteiger partial charge in [-0.1, -0.05) is 12.1 Å². The number of hydrogen-bond donors (Lipinski definition) is 1. The minimum Gasteiger partial charge on any atom is -0.487 e. The van der Waals surface area contributed by atoms with Gasteiger partial charge in [0.2, 0.25) is 0 Å². The lowest BCUT2D eigenvalue weighted by Gasteiger charge is -2.11. The summed E-state index contributed by atoms with van der Waals surface area (Å²) in [5.74, 6) is 0.868. The number of anilines is 1. The molecule has 2 aromatic carbocycles. The van der Waals surface area contributed by atoms with Crippen molar-refractivity contribution in [3.05, 3.63) is 88.9 Å². The molecule has 0 atom stereocenters. The molecule has 10 heteroatoms. The molecule has 3 aromatic rings. The number of hydrogen-bond acceptors (Lipinski definition) is 6. The second-order valence-corrected chi connectivity index (χ2v) is 8.08. The highest BCUT2D eigenvalue weighted by Crippen LogP contribution is 2.29. The molecular weight excluding hydrogens is 605 g/mol. The van der Waals surface area contributed by atoms with Crippen LogP contribution >= 0.6 is 45.2 Å². The van der Waals surface area contributed by atoms with E-state index in [1.54, 1.807) is 18.3 Å². The number of benzene rings is 2. The van der Waals surface area contributed by atoms with E-state index in [0.29, 0.717) is 12.4 Å². The number of ether oxygens (including phenoxy) is 1. The number of halogens is 3. The number of nitrogens with zero attached hydrogens (tertiary/aromatic N) is 3. The minimum absolute atomic E-state index is 0.0835. The van der Waals surface area contributed by atoms with E-state index in [1.165, 1.54) is 24.3 Å². The second-order valence-electron chi connectivity index (χ2n) is 5.76. The van der Waals surface area contributed by atoms with Gasteiger partial charge in [0.25, 0.3) is 5.69 Å². The summed E-state index contributed by atoms with van der Waals surface area (Å²) in [7, 11) is 0. The average molecular weight is 618 g/mol. The number of pyridine rings is 1. The van der Waals surface area contributed by atoms with Crippen LogP contribution in [0.2, 0.25) is 0 Å². The molecule has 0 aliphatic rings. The molecule has 0 fully saturated rings. The SMILES string of the molecule is O=[N+]([O-])c1ccc(N/N=C/c2cc(I)c(OCc3ccc(F)cc3)c(I)c2)nc1. The molecule has 0 amide bonds. The molecule has 1 aromatic heterocycles. The molecular formula is C19H13FI2N4O3. The molecule has 1 heterocycles. The fourth-order valence-corrected chi connectivity index (χ4v) is 4.39. The Morgan fingerprint density at radius 2 is 1.86 bits per heavy atom. The van der Waals surface area contributed by atoms with Gasteiger partial charge in [-0.2, -0.15) is 5.10 Å². The van der Waals surface area contributed by atoms with Gasteiger partial charge < -0.3 is 4.74 Å². The van der Waals surface area contributed by atoms with Gasteiger partial charge in [0.1, 0.15) is 30.2 Å². The first kappa shape index (κ1) is 21.4. The molecule has 0 saturated heterocycles. The fraction of sp³-hybridized carbons (Fsp3) is 0.0526. The Labute approximate surface area is 192 Å². The quantitative estimate of drug-likeness (QED) is 0.167. The Morgan fingerprint density at radius 1 is 1.17 bits per heavy atom. The van der Waals surface area contributed by atoms with Gasteiger partial charge in [0.15, 0.2) is 0 Å². The molecule has 0 unspecified atom stereocenters. The normalized spacial score (nSPS) is 10.9. The van der Waals surface area contributed by atoms with Gasteiger partial charge in [-0.3, -0.25) is 15.5 Å². The Balaban J connectivity index is 1.64. The van der Waals surface area contributed by atoms with Crippen molar-refractivity contribution in [1.82, 2.24) is 4.98 Å². The van der Waals surface area contributed by atoms with Crippen LogP contribution in [0.5, 0.6) is 5.75 Å². The van der Waals surface area contributed by atoms with Gasteiger partial charge in [-0.25, -0.2) is 9.37 Å². The second kappa shape index (κ2) is 9.91. The van der Waals surface area contributed by atoms with Crippen LogP contribution in [0.25, 0.3) is 0 Å². The van der Waals surface area contributed by atoms with Crippen LogP contribution in [0.4, 0.5) is 15.9 Å². The predicted octanol–water partition coefficient (Wildman–Crippen LogP) is 5.36. The number of aromatic nitrogens is 1. The van der Waals surface area contributed by atoms with Crippen molar-refractivity contribution >= 4 is 62.9 Å². The molecule has 0 bridgehead atoms. The zero-order chi connectivity index (χ0) is 20.8. The highest BCUT2D eigenvalue weighted by molar-refractivity contribution is 14.1. The van der Waals surface area contributed by atoms with Crippen LogP contribution in [0.3, 0.4) is 0 Å². The van der Waals surface area contributed by atoms with E-state index in [0.717, 1.165) is 30.2 Å². The monoisotopic (exact) mass is 618 g/mol. The lowest BCUT2D eigenvalue weighted by Crippen LogP contribution is -2.01. The molecule has 3 rings (SSSR count). The van der Waals surface area contributed by atoms with Crippen molar-refractivity contribution in [3.63, 3.8) is 0 Å². The van der Waals surface area contributed by atoms with Crippen LogP contribution < -0.4 is 10.2 Å². The minimum atomic E-state index is -0.510. The molecule has 148 valence electrons. The molecule has 0 aliphatic carbocycles. The van der Waals surface area contributed by atoms with Crippen molar-refractivity contribution in [2.45, 2.75) is 6.61 Å². The topological polar surface area (TPSA) is 89.7 Å². The van der Waals surface area contributed by atoms with Gasteiger partial charge in [0, 0.05) is 6.07 Å². The first-order chi connectivity index (χ1) is 13.9. The van der Waals surface area contributed by atoms with Gasteiger partial charge in [0.05, 0.1) is 18.3 Å². The third kappa shape index (κ3) is 6.06. The lowest BCUT2D eigenvalue weighted by molar-refractivity contribution is -0.385. The van der Waals surface area contributed by atoms with E-state index in [-0.39, 0.29) is 11.5 Å². The van der Waals surface area contributed by atoms with Crippen LogP contribution in [-0.2, 0) is 6.61 Å². The van der Waals surface area contributed by atoms with Crippen LogP contribution in [0, 0.1) is 23.1 Å². The van der Waals surface area contributed by atoms with Crippen molar-refractivity contribution in [3.8, 4) is 5.75 Å². The number of nitro groups is 1. The summed E-state index contributed by atoms with van der Waals surface area (Å²) in [6, 6.07) is 12.8. The number of rotatable bonds is 7. The molecule has 0 saturated carbocycles. The summed E-state index contributed by atoms with van der Waals surface area (Å²) >= 11 is 4.37. The van der Waals surface area contributed by atoms with Crippen LogP contribution in [0.15, 0.2) is 59.8 Å². The highest BCUT2D eigenvalue weighted by Gasteiger charge is 2.09. The first-order valence-corrected chi connectivity index (χ1v) is 10.3. The standard InChI is InChI=1S/C19H13FI2N4O3/c20-14-3-1-12(2-4-14)11-29-19-16(21)7-13(8-17(19)22)9-24-25-18-6-5-15(10-23-18)26(27)28/h1-10H,11H2,(H,23,25)/b24-9+. The van der Waals surface area contributed by atoms with E-state index >= 15 is 0 Å². The summed E-state index contributed by atoms with van der Waals surface area (Å²) in [6.45, 7) is 0.340. The van der Waals surface area contributed by atoms with E-state index in [2.05, 4.69) is 60.7 Å². The molecule has 29 heavy (non-hydrogen) atoms. The van der Waals surface area contributed by atoms with Crippen molar-refractivity contribution < 1.29 is 14.1 Å². The maximum absolute atomic E-state index is 13.0. The van der Waals surface area contributed by atoms with Gasteiger partial charge in [-0.05, 0) is 86.6 Å². The lowest BCUT2D eigenvalue weighted by atomic mass is 10.2. The summed E-state index contributed by atoms with van der Waals surface area (Å²) in [5, 5.41) is 14.7. The van der Waals surface area contributed by atoms with Gasteiger partial charge in [-0.15, -0.1) is 0 Å². The average Bonchev–Trinajstić information content (AvgIpc) is 2.69. The summed E-state index contributed by atoms with van der Waals surface area (Å²) in [4.78, 5) is 14.0. The molecule has 0 aliphatic heterocycles. The molecule has 1 N–H and O–H groups in total. The van der Waals surface area contributed by atoms with Crippen molar-refractivity contribution in [2.75, 3.05) is 5.43 Å². The van der Waals surface area contributed by atoms with E-state index in [4.69, 9.17) is 4.74 Å². The Hall–Kier alpha value is -2.35. The molecule has 7 nitrogen and oxygen atoms in total. The van der Waals surface area contributed by atoms with Gasteiger partial charge >= 0.3 is 0 Å². The maximum Gasteiger partial charge on any atom is 0.287 e. The first-order valence-electron chi connectivity index (χ1n) is 8.18. The summed E-state index contributed by atoms with van der Waals surface area (Å²) in [6.07, 6.45) is 2.79. The van der Waals surface area contributed by atoms with Crippen molar-refractivity contribution in [2.24, 2.45) is 5.10 Å². The zero-order valence-electron chi connectivity index (χ0n) is 14.7. The largest absolute Gasteiger partial charge is 0.487 e. The Morgan fingerprint density at radius 3 is 2.45 bits per heavy atom. The van der Waals surface area contributed by atoms with Crippen molar-refractivity contribution in [1.29, 1.82) is 0 Å². The third-order valence-corrected chi connectivity index (χ3v) is 5.27.